The fourth-order valence-corrected chi connectivity index (χ4v) is 3.62. The first-order chi connectivity index (χ1) is 11.5. The lowest BCUT2D eigenvalue weighted by Crippen LogP contribution is -2.39. The minimum atomic E-state index is 0.00595. The maximum absolute atomic E-state index is 12.8. The van der Waals surface area contributed by atoms with Gasteiger partial charge in [0.2, 0.25) is 5.91 Å². The van der Waals surface area contributed by atoms with Crippen LogP contribution in [0.5, 0.6) is 0 Å². The Kier molecular flexibility index (Phi) is 5.11. The SMILES string of the molecule is CC(=O)N1CCC(Cc2nccnc2C(=O)N2CCC(C)CC2)C1. The minimum absolute atomic E-state index is 0.00595. The van der Waals surface area contributed by atoms with Crippen LogP contribution in [0.25, 0.3) is 0 Å². The zero-order chi connectivity index (χ0) is 17.1. The highest BCUT2D eigenvalue weighted by molar-refractivity contribution is 5.93. The van der Waals surface area contributed by atoms with Gasteiger partial charge < -0.3 is 9.80 Å². The first-order valence-electron chi connectivity index (χ1n) is 8.89. The molecule has 2 aliphatic heterocycles. The van der Waals surface area contributed by atoms with Crippen molar-refractivity contribution in [2.75, 3.05) is 26.2 Å². The molecular weight excluding hydrogens is 304 g/mol. The Labute approximate surface area is 143 Å². The molecule has 2 amide bonds. The molecule has 6 heteroatoms. The van der Waals surface area contributed by atoms with Gasteiger partial charge in [-0.15, -0.1) is 0 Å². The van der Waals surface area contributed by atoms with E-state index < -0.39 is 0 Å². The molecule has 1 aromatic rings. The first kappa shape index (κ1) is 16.9. The van der Waals surface area contributed by atoms with Gasteiger partial charge in [-0.2, -0.15) is 0 Å². The predicted molar refractivity (Wildman–Crippen MR) is 90.4 cm³/mol. The molecule has 130 valence electrons. The van der Waals surface area contributed by atoms with Crippen LogP contribution in [0.4, 0.5) is 0 Å². The Morgan fingerprint density at radius 1 is 1.08 bits per heavy atom. The number of amides is 2. The minimum Gasteiger partial charge on any atom is -0.343 e. The number of rotatable bonds is 3. The maximum Gasteiger partial charge on any atom is 0.274 e. The van der Waals surface area contributed by atoms with Crippen LogP contribution >= 0.6 is 0 Å². The van der Waals surface area contributed by atoms with Gasteiger partial charge in [0.15, 0.2) is 0 Å². The molecule has 6 nitrogen and oxygen atoms in total. The van der Waals surface area contributed by atoms with Crippen LogP contribution in [0.2, 0.25) is 0 Å². The summed E-state index contributed by atoms with van der Waals surface area (Å²) in [4.78, 5) is 36.9. The van der Waals surface area contributed by atoms with Gasteiger partial charge in [0, 0.05) is 45.5 Å². The quantitative estimate of drug-likeness (QED) is 0.847. The molecule has 3 rings (SSSR count). The molecule has 1 atom stereocenters. The van der Waals surface area contributed by atoms with Crippen LogP contribution in [0, 0.1) is 11.8 Å². The highest BCUT2D eigenvalue weighted by Gasteiger charge is 2.29. The average Bonchev–Trinajstić information content (AvgIpc) is 3.04. The van der Waals surface area contributed by atoms with E-state index in [1.54, 1.807) is 19.3 Å². The Morgan fingerprint density at radius 3 is 2.42 bits per heavy atom. The highest BCUT2D eigenvalue weighted by atomic mass is 16.2. The lowest BCUT2D eigenvalue weighted by atomic mass is 9.98. The number of nitrogens with zero attached hydrogens (tertiary/aromatic N) is 4. The second-order valence-electron chi connectivity index (χ2n) is 7.15. The van der Waals surface area contributed by atoms with E-state index in [4.69, 9.17) is 0 Å². The second kappa shape index (κ2) is 7.28. The van der Waals surface area contributed by atoms with E-state index in [2.05, 4.69) is 16.9 Å². The number of hydrogen-bond acceptors (Lipinski definition) is 4. The molecule has 0 radical (unpaired) electrons. The highest BCUT2D eigenvalue weighted by Crippen LogP contribution is 2.23. The summed E-state index contributed by atoms with van der Waals surface area (Å²) < 4.78 is 0. The van der Waals surface area contributed by atoms with Gasteiger partial charge in [0.05, 0.1) is 5.69 Å². The molecule has 2 fully saturated rings. The third kappa shape index (κ3) is 3.74. The molecule has 2 aliphatic rings. The smallest absolute Gasteiger partial charge is 0.274 e. The van der Waals surface area contributed by atoms with Gasteiger partial charge in [-0.05, 0) is 37.5 Å². The van der Waals surface area contributed by atoms with Crippen molar-refractivity contribution in [2.45, 2.75) is 39.5 Å². The summed E-state index contributed by atoms with van der Waals surface area (Å²) in [5.41, 5.74) is 1.27. The van der Waals surface area contributed by atoms with Gasteiger partial charge in [-0.3, -0.25) is 14.6 Å². The second-order valence-corrected chi connectivity index (χ2v) is 7.15. The topological polar surface area (TPSA) is 66.4 Å². The molecule has 3 heterocycles. The van der Waals surface area contributed by atoms with E-state index in [9.17, 15) is 9.59 Å². The van der Waals surface area contributed by atoms with E-state index in [1.807, 2.05) is 9.80 Å². The number of aromatic nitrogens is 2. The Bertz CT molecular complexity index is 611. The van der Waals surface area contributed by atoms with E-state index in [0.29, 0.717) is 24.0 Å². The summed E-state index contributed by atoms with van der Waals surface area (Å²) in [6.45, 7) is 7.00. The maximum atomic E-state index is 12.8. The fraction of sp³-hybridized carbons (Fsp3) is 0.667. The van der Waals surface area contributed by atoms with Crippen molar-refractivity contribution in [3.63, 3.8) is 0 Å². The third-order valence-corrected chi connectivity index (χ3v) is 5.26. The Morgan fingerprint density at radius 2 is 1.75 bits per heavy atom. The van der Waals surface area contributed by atoms with Crippen LogP contribution < -0.4 is 0 Å². The van der Waals surface area contributed by atoms with Crippen molar-refractivity contribution in [1.82, 2.24) is 19.8 Å². The lowest BCUT2D eigenvalue weighted by Gasteiger charge is -2.30. The summed E-state index contributed by atoms with van der Waals surface area (Å²) >= 11 is 0. The molecule has 0 aliphatic carbocycles. The number of carbonyl (C=O) groups is 2. The van der Waals surface area contributed by atoms with Gasteiger partial charge in [0.1, 0.15) is 5.69 Å². The lowest BCUT2D eigenvalue weighted by molar-refractivity contribution is -0.127. The first-order valence-corrected chi connectivity index (χ1v) is 8.89. The van der Waals surface area contributed by atoms with Crippen LogP contribution in [-0.2, 0) is 11.2 Å². The molecule has 24 heavy (non-hydrogen) atoms. The van der Waals surface area contributed by atoms with Crippen molar-refractivity contribution in [1.29, 1.82) is 0 Å². The zero-order valence-electron chi connectivity index (χ0n) is 14.6. The van der Waals surface area contributed by atoms with Gasteiger partial charge in [0.25, 0.3) is 5.91 Å². The third-order valence-electron chi connectivity index (χ3n) is 5.26. The molecule has 2 saturated heterocycles. The van der Waals surface area contributed by atoms with Crippen LogP contribution in [0.15, 0.2) is 12.4 Å². The molecule has 1 unspecified atom stereocenters. The normalized spacial score (nSPS) is 22.0. The molecule has 0 aromatic carbocycles. The van der Waals surface area contributed by atoms with Crippen LogP contribution in [0.1, 0.15) is 49.3 Å². The number of hydrogen-bond donors (Lipinski definition) is 0. The summed E-state index contributed by atoms with van der Waals surface area (Å²) in [5, 5.41) is 0. The van der Waals surface area contributed by atoms with Crippen molar-refractivity contribution in [2.24, 2.45) is 11.8 Å². The summed E-state index contributed by atoms with van der Waals surface area (Å²) in [6, 6.07) is 0. The fourth-order valence-electron chi connectivity index (χ4n) is 3.62. The Balaban J connectivity index is 1.69. The molecule has 0 saturated carbocycles. The number of carbonyl (C=O) groups excluding carboxylic acids is 2. The monoisotopic (exact) mass is 330 g/mol. The zero-order valence-corrected chi connectivity index (χ0v) is 14.6. The van der Waals surface area contributed by atoms with Crippen molar-refractivity contribution >= 4 is 11.8 Å². The summed E-state index contributed by atoms with van der Waals surface area (Å²) in [6.07, 6.45) is 7.03. The standard InChI is InChI=1S/C18H26N4O2/c1-13-3-8-21(9-4-13)18(24)17-16(19-6-7-20-17)11-15-5-10-22(12-15)14(2)23/h6-7,13,15H,3-5,8-12H2,1-2H3. The van der Waals surface area contributed by atoms with Gasteiger partial charge in [-0.25, -0.2) is 4.98 Å². The number of piperidine rings is 1. The van der Waals surface area contributed by atoms with E-state index in [-0.39, 0.29) is 11.8 Å². The van der Waals surface area contributed by atoms with Crippen molar-refractivity contribution in [3.05, 3.63) is 23.8 Å². The van der Waals surface area contributed by atoms with E-state index >= 15 is 0 Å². The van der Waals surface area contributed by atoms with Crippen molar-refractivity contribution < 1.29 is 9.59 Å². The number of likely N-dealkylation sites (tertiary alicyclic amines) is 2. The molecule has 0 N–H and O–H groups in total. The summed E-state index contributed by atoms with van der Waals surface area (Å²) in [7, 11) is 0. The molecule has 1 aromatic heterocycles. The average molecular weight is 330 g/mol. The largest absolute Gasteiger partial charge is 0.343 e. The Hall–Kier alpha value is -1.98. The van der Waals surface area contributed by atoms with Gasteiger partial charge >= 0.3 is 0 Å². The summed E-state index contributed by atoms with van der Waals surface area (Å²) in [5.74, 6) is 1.17. The van der Waals surface area contributed by atoms with Crippen LogP contribution in [-0.4, -0.2) is 57.8 Å². The van der Waals surface area contributed by atoms with Crippen LogP contribution in [0.3, 0.4) is 0 Å². The molecular formula is C18H26N4O2. The molecule has 0 bridgehead atoms. The van der Waals surface area contributed by atoms with Gasteiger partial charge in [-0.1, -0.05) is 6.92 Å². The van der Waals surface area contributed by atoms with Crippen molar-refractivity contribution in [3.8, 4) is 0 Å². The van der Waals surface area contributed by atoms with E-state index in [1.165, 1.54) is 0 Å². The predicted octanol–water partition coefficient (Wildman–Crippen LogP) is 1.76. The van der Waals surface area contributed by atoms with E-state index in [0.717, 1.165) is 51.1 Å². The molecule has 0 spiro atoms.